The highest BCUT2D eigenvalue weighted by Crippen LogP contribution is 2.31. The molecule has 3 rings (SSSR count). The van der Waals surface area contributed by atoms with Gasteiger partial charge >= 0.3 is 0 Å². The highest BCUT2D eigenvalue weighted by Gasteiger charge is 2.15. The summed E-state index contributed by atoms with van der Waals surface area (Å²) < 4.78 is 1.65. The van der Waals surface area contributed by atoms with E-state index in [1.54, 1.807) is 6.92 Å². The molecule has 6 heteroatoms. The van der Waals surface area contributed by atoms with Gasteiger partial charge < -0.3 is 5.84 Å². The summed E-state index contributed by atoms with van der Waals surface area (Å²) in [4.78, 5) is 21.8. The molecule has 0 spiro atoms. The van der Waals surface area contributed by atoms with E-state index in [1.807, 2.05) is 19.9 Å². The van der Waals surface area contributed by atoms with Crippen LogP contribution in [0.2, 0.25) is 0 Å². The van der Waals surface area contributed by atoms with E-state index >= 15 is 0 Å². The number of aryl methyl sites for hydroxylation is 3. The summed E-state index contributed by atoms with van der Waals surface area (Å²) in [6.07, 6.45) is 0. The fraction of sp³-hybridized carbons (Fsp3) is 0.250. The lowest BCUT2D eigenvalue weighted by Crippen LogP contribution is -2.29. The molecule has 3 aromatic heterocycles. The Morgan fingerprint density at radius 3 is 2.72 bits per heavy atom. The molecule has 0 bridgehead atoms. The van der Waals surface area contributed by atoms with Crippen molar-refractivity contribution in [3.8, 4) is 0 Å². The second-order valence-electron chi connectivity index (χ2n) is 4.37. The van der Waals surface area contributed by atoms with Gasteiger partial charge in [-0.1, -0.05) is 0 Å². The fourth-order valence-electron chi connectivity index (χ4n) is 2.15. The third-order valence-corrected chi connectivity index (χ3v) is 4.06. The van der Waals surface area contributed by atoms with Gasteiger partial charge in [-0.2, -0.15) is 0 Å². The molecule has 0 aliphatic carbocycles. The normalized spacial score (nSPS) is 11.5. The van der Waals surface area contributed by atoms with Gasteiger partial charge in [0.15, 0.2) is 0 Å². The van der Waals surface area contributed by atoms with E-state index in [2.05, 4.69) is 9.97 Å². The van der Waals surface area contributed by atoms with Crippen molar-refractivity contribution in [1.29, 1.82) is 0 Å². The van der Waals surface area contributed by atoms with Crippen LogP contribution in [0, 0.1) is 20.8 Å². The Kier molecular flexibility index (Phi) is 2.18. The zero-order valence-electron chi connectivity index (χ0n) is 10.3. The third-order valence-electron chi connectivity index (χ3n) is 3.00. The Morgan fingerprint density at radius 1 is 1.28 bits per heavy atom. The van der Waals surface area contributed by atoms with Crippen LogP contribution in [0.3, 0.4) is 0 Å². The number of nitrogens with zero attached hydrogens (tertiary/aromatic N) is 3. The monoisotopic (exact) mass is 260 g/mol. The quantitative estimate of drug-likeness (QED) is 0.624. The van der Waals surface area contributed by atoms with Crippen molar-refractivity contribution >= 4 is 31.8 Å². The number of thiophene rings is 1. The van der Waals surface area contributed by atoms with Crippen molar-refractivity contribution in [2.75, 3.05) is 5.84 Å². The van der Waals surface area contributed by atoms with Crippen molar-refractivity contribution in [1.82, 2.24) is 14.6 Å². The Bertz CT molecular complexity index is 847. The summed E-state index contributed by atoms with van der Waals surface area (Å²) in [7, 11) is 0. The van der Waals surface area contributed by atoms with Gasteiger partial charge in [0.2, 0.25) is 0 Å². The van der Waals surface area contributed by atoms with Gasteiger partial charge in [-0.3, -0.25) is 4.79 Å². The van der Waals surface area contributed by atoms with Crippen LogP contribution in [0.15, 0.2) is 10.9 Å². The largest absolute Gasteiger partial charge is 0.335 e. The summed E-state index contributed by atoms with van der Waals surface area (Å²) >= 11 is 1.35. The van der Waals surface area contributed by atoms with Crippen LogP contribution < -0.4 is 11.4 Å². The van der Waals surface area contributed by atoms with Gasteiger partial charge in [0, 0.05) is 11.1 Å². The molecule has 0 saturated heterocycles. The lowest BCUT2D eigenvalue weighted by Gasteiger charge is -2.02. The molecule has 92 valence electrons. The lowest BCUT2D eigenvalue weighted by molar-refractivity contribution is 0.855. The molecule has 3 aromatic rings. The topological polar surface area (TPSA) is 73.8 Å². The zero-order valence-corrected chi connectivity index (χ0v) is 11.1. The summed E-state index contributed by atoms with van der Waals surface area (Å²) in [5.74, 6) is 6.17. The van der Waals surface area contributed by atoms with Crippen LogP contribution in [0.1, 0.15) is 17.1 Å². The van der Waals surface area contributed by atoms with Gasteiger partial charge in [0.25, 0.3) is 5.56 Å². The highest BCUT2D eigenvalue weighted by atomic mass is 32.1. The molecule has 0 aliphatic heterocycles. The lowest BCUT2D eigenvalue weighted by atomic mass is 10.1. The molecule has 2 N–H and O–H groups in total. The van der Waals surface area contributed by atoms with E-state index < -0.39 is 0 Å². The van der Waals surface area contributed by atoms with E-state index in [-0.39, 0.29) is 5.56 Å². The first-order valence-electron chi connectivity index (χ1n) is 5.54. The van der Waals surface area contributed by atoms with E-state index in [0.29, 0.717) is 16.0 Å². The molecular formula is C12H12N4OS. The predicted octanol–water partition coefficient (Wildman–Crippen LogP) is 1.65. The predicted molar refractivity (Wildman–Crippen MR) is 73.5 cm³/mol. The summed E-state index contributed by atoms with van der Waals surface area (Å²) in [6, 6.07) is 2.00. The second-order valence-corrected chi connectivity index (χ2v) is 5.37. The molecule has 0 atom stereocenters. The molecule has 0 radical (unpaired) electrons. The number of rotatable bonds is 0. The molecule has 0 saturated carbocycles. The van der Waals surface area contributed by atoms with Crippen molar-refractivity contribution in [2.45, 2.75) is 20.8 Å². The Morgan fingerprint density at radius 2 is 2.00 bits per heavy atom. The maximum Gasteiger partial charge on any atom is 0.289 e. The molecule has 18 heavy (non-hydrogen) atoms. The Labute approximate surface area is 107 Å². The highest BCUT2D eigenvalue weighted by molar-refractivity contribution is 7.25. The van der Waals surface area contributed by atoms with E-state index in [0.717, 1.165) is 26.2 Å². The van der Waals surface area contributed by atoms with Crippen molar-refractivity contribution in [2.24, 2.45) is 0 Å². The number of nitrogens with two attached hydrogens (primary N) is 1. The number of aromatic nitrogens is 3. The minimum absolute atomic E-state index is 0.211. The van der Waals surface area contributed by atoms with Gasteiger partial charge in [0.05, 0.1) is 5.52 Å². The van der Waals surface area contributed by atoms with Crippen LogP contribution in [-0.4, -0.2) is 14.6 Å². The molecule has 0 aromatic carbocycles. The maximum absolute atomic E-state index is 12.1. The molecule has 0 fully saturated rings. The standard InChI is InChI=1S/C12H12N4OS/c1-5-4-6(2)14-11-8(5)9-10(18-11)12(17)16(13)7(3)15-9/h4H,13H2,1-3H3. The first kappa shape index (κ1) is 11.2. The van der Waals surface area contributed by atoms with Crippen LogP contribution in [0.25, 0.3) is 20.4 Å². The van der Waals surface area contributed by atoms with Crippen molar-refractivity contribution < 1.29 is 0 Å². The number of nitrogen functional groups attached to an aromatic ring is 1. The van der Waals surface area contributed by atoms with Gasteiger partial charge in [-0.15, -0.1) is 11.3 Å². The smallest absolute Gasteiger partial charge is 0.289 e. The average Bonchev–Trinajstić information content (AvgIpc) is 2.64. The Balaban J connectivity index is 2.65. The number of hydrogen-bond donors (Lipinski definition) is 1. The summed E-state index contributed by atoms with van der Waals surface area (Å²) in [6.45, 7) is 5.67. The Hall–Kier alpha value is -1.95. The SMILES string of the molecule is Cc1cc(C)c2c(n1)sc1c(=O)n(N)c(C)nc12. The van der Waals surface area contributed by atoms with Crippen molar-refractivity contribution in [3.63, 3.8) is 0 Å². The molecule has 0 unspecified atom stereocenters. The average molecular weight is 260 g/mol. The maximum atomic E-state index is 12.1. The first-order valence-corrected chi connectivity index (χ1v) is 6.36. The first-order chi connectivity index (χ1) is 8.49. The minimum Gasteiger partial charge on any atom is -0.335 e. The van der Waals surface area contributed by atoms with Crippen molar-refractivity contribution in [3.05, 3.63) is 33.5 Å². The molecule has 0 aliphatic rings. The van der Waals surface area contributed by atoms with E-state index in [4.69, 9.17) is 5.84 Å². The van der Waals surface area contributed by atoms with Crippen LogP contribution in [-0.2, 0) is 0 Å². The molecular weight excluding hydrogens is 248 g/mol. The third kappa shape index (κ3) is 1.35. The molecule has 0 amide bonds. The second kappa shape index (κ2) is 3.52. The van der Waals surface area contributed by atoms with E-state index in [1.165, 1.54) is 11.3 Å². The number of hydrogen-bond acceptors (Lipinski definition) is 5. The van der Waals surface area contributed by atoms with Gasteiger partial charge in [-0.25, -0.2) is 14.6 Å². The van der Waals surface area contributed by atoms with Gasteiger partial charge in [-0.05, 0) is 32.4 Å². The zero-order chi connectivity index (χ0) is 13.0. The summed E-state index contributed by atoms with van der Waals surface area (Å²) in [5, 5.41) is 0.960. The van der Waals surface area contributed by atoms with E-state index in [9.17, 15) is 4.79 Å². The van der Waals surface area contributed by atoms with Crippen LogP contribution >= 0.6 is 11.3 Å². The number of fused-ring (bicyclic) bond motifs is 3. The minimum atomic E-state index is -0.211. The van der Waals surface area contributed by atoms with Crippen LogP contribution in [0.5, 0.6) is 0 Å². The van der Waals surface area contributed by atoms with Gasteiger partial charge in [0.1, 0.15) is 15.4 Å². The molecule has 3 heterocycles. The fourth-order valence-corrected chi connectivity index (χ4v) is 3.32. The van der Waals surface area contributed by atoms with Crippen LogP contribution in [0.4, 0.5) is 0 Å². The summed E-state index contributed by atoms with van der Waals surface area (Å²) in [5.41, 5.74) is 2.53. The number of pyridine rings is 1. The molecule has 5 nitrogen and oxygen atoms in total.